The summed E-state index contributed by atoms with van der Waals surface area (Å²) in [5.74, 6) is -0.914. The van der Waals surface area contributed by atoms with Gasteiger partial charge in [0.2, 0.25) is 0 Å². The maximum absolute atomic E-state index is 10.3. The molecule has 2 aromatic rings. The second-order valence-corrected chi connectivity index (χ2v) is 3.48. The van der Waals surface area contributed by atoms with Crippen molar-refractivity contribution in [2.45, 2.75) is 6.42 Å². The highest BCUT2D eigenvalue weighted by molar-refractivity contribution is 5.80. The predicted molar refractivity (Wildman–Crippen MR) is 62.2 cm³/mol. The summed E-state index contributed by atoms with van der Waals surface area (Å²) >= 11 is 0. The molecule has 1 aromatic carbocycles. The molecule has 1 heterocycles. The van der Waals surface area contributed by atoms with Crippen molar-refractivity contribution in [3.63, 3.8) is 0 Å². The Balaban J connectivity index is 2.23. The first-order valence-electron chi connectivity index (χ1n) is 4.99. The van der Waals surface area contributed by atoms with E-state index < -0.39 is 5.97 Å². The van der Waals surface area contributed by atoms with Crippen LogP contribution in [-0.2, 0) is 11.2 Å². The third-order valence-corrected chi connectivity index (χ3v) is 2.28. The van der Waals surface area contributed by atoms with Crippen LogP contribution in [0.5, 0.6) is 0 Å². The number of aliphatic carboxylic acids is 1. The number of aromatic nitrogens is 1. The Hall–Kier alpha value is -2.16. The van der Waals surface area contributed by atoms with Crippen LogP contribution in [-0.4, -0.2) is 16.1 Å². The number of benzene rings is 1. The van der Waals surface area contributed by atoms with Gasteiger partial charge in [0.15, 0.2) is 0 Å². The van der Waals surface area contributed by atoms with E-state index in [1.165, 1.54) is 0 Å². The topological polar surface area (TPSA) is 50.2 Å². The minimum Gasteiger partial charge on any atom is -0.478 e. The predicted octanol–water partition coefficient (Wildman–Crippen LogP) is 2.42. The minimum atomic E-state index is -0.914. The zero-order chi connectivity index (χ0) is 11.4. The van der Waals surface area contributed by atoms with Gasteiger partial charge in [-0.25, -0.2) is 4.79 Å². The molecule has 0 aliphatic heterocycles. The van der Waals surface area contributed by atoms with Crippen LogP contribution in [0.1, 0.15) is 5.56 Å². The molecule has 0 radical (unpaired) electrons. The number of rotatable bonds is 3. The van der Waals surface area contributed by atoms with Gasteiger partial charge in [0.25, 0.3) is 0 Å². The third-order valence-electron chi connectivity index (χ3n) is 2.28. The van der Waals surface area contributed by atoms with Crippen molar-refractivity contribution in [3.8, 4) is 0 Å². The number of nitrogens with zero attached hydrogens (tertiary/aromatic N) is 1. The first-order valence-corrected chi connectivity index (χ1v) is 4.99. The molecule has 0 fully saturated rings. The van der Waals surface area contributed by atoms with E-state index in [2.05, 4.69) is 4.98 Å². The average Bonchev–Trinajstić information content (AvgIpc) is 2.28. The van der Waals surface area contributed by atoms with E-state index in [-0.39, 0.29) is 0 Å². The lowest BCUT2D eigenvalue weighted by molar-refractivity contribution is -0.131. The van der Waals surface area contributed by atoms with E-state index in [1.54, 1.807) is 12.3 Å². The van der Waals surface area contributed by atoms with Crippen LogP contribution in [0.3, 0.4) is 0 Å². The molecule has 0 amide bonds. The molecule has 16 heavy (non-hydrogen) atoms. The zero-order valence-electron chi connectivity index (χ0n) is 8.63. The Bertz CT molecular complexity index is 546. The quantitative estimate of drug-likeness (QED) is 0.796. The van der Waals surface area contributed by atoms with Gasteiger partial charge in [0.1, 0.15) is 0 Å². The van der Waals surface area contributed by atoms with Gasteiger partial charge >= 0.3 is 5.97 Å². The Morgan fingerprint density at radius 3 is 3.06 bits per heavy atom. The molecule has 0 spiro atoms. The van der Waals surface area contributed by atoms with Crippen molar-refractivity contribution in [2.24, 2.45) is 0 Å². The summed E-state index contributed by atoms with van der Waals surface area (Å²) in [7, 11) is 0. The summed E-state index contributed by atoms with van der Waals surface area (Å²) in [4.78, 5) is 14.5. The molecule has 2 rings (SSSR count). The fourth-order valence-corrected chi connectivity index (χ4v) is 1.55. The Labute approximate surface area is 93.1 Å². The molecular weight excluding hydrogens is 202 g/mol. The van der Waals surface area contributed by atoms with E-state index in [0.717, 1.165) is 22.5 Å². The van der Waals surface area contributed by atoms with E-state index in [9.17, 15) is 4.79 Å². The lowest BCUT2D eigenvalue weighted by atomic mass is 10.1. The van der Waals surface area contributed by atoms with Crippen molar-refractivity contribution in [3.05, 3.63) is 54.2 Å². The molecule has 1 aromatic heterocycles. The maximum atomic E-state index is 10.3. The van der Waals surface area contributed by atoms with E-state index in [4.69, 9.17) is 5.11 Å². The summed E-state index contributed by atoms with van der Waals surface area (Å²) in [6.45, 7) is 0. The van der Waals surface area contributed by atoms with E-state index >= 15 is 0 Å². The molecule has 0 bridgehead atoms. The molecule has 0 aliphatic carbocycles. The highest BCUT2D eigenvalue weighted by atomic mass is 16.4. The normalized spacial score (nSPS) is 11.0. The average molecular weight is 213 g/mol. The molecule has 0 unspecified atom stereocenters. The number of carboxylic acid groups (broad SMARTS) is 1. The smallest absolute Gasteiger partial charge is 0.327 e. The lowest BCUT2D eigenvalue weighted by Gasteiger charge is -1.99. The van der Waals surface area contributed by atoms with Crippen LogP contribution >= 0.6 is 0 Å². The first kappa shape index (κ1) is 10.4. The van der Waals surface area contributed by atoms with Crippen molar-refractivity contribution >= 4 is 16.9 Å². The number of hydrogen-bond acceptors (Lipinski definition) is 2. The Kier molecular flexibility index (Phi) is 2.96. The molecule has 3 heteroatoms. The number of fused-ring (bicyclic) bond motifs is 1. The van der Waals surface area contributed by atoms with Gasteiger partial charge in [0.05, 0.1) is 5.52 Å². The zero-order valence-corrected chi connectivity index (χ0v) is 8.63. The fourth-order valence-electron chi connectivity index (χ4n) is 1.55. The van der Waals surface area contributed by atoms with Crippen LogP contribution in [0.15, 0.2) is 48.7 Å². The van der Waals surface area contributed by atoms with Gasteiger partial charge in [-0.1, -0.05) is 18.2 Å². The first-order chi connectivity index (χ1) is 7.75. The molecule has 0 saturated carbocycles. The van der Waals surface area contributed by atoms with Crippen LogP contribution < -0.4 is 0 Å². The molecule has 0 aliphatic rings. The number of carbonyl (C=O) groups is 1. The van der Waals surface area contributed by atoms with Gasteiger partial charge in [-0.05, 0) is 30.2 Å². The van der Waals surface area contributed by atoms with E-state index in [1.807, 2.05) is 30.3 Å². The second-order valence-electron chi connectivity index (χ2n) is 3.48. The SMILES string of the molecule is O=C(O)/C=C/Cc1ccc2ncccc2c1. The summed E-state index contributed by atoms with van der Waals surface area (Å²) in [5.41, 5.74) is 2.03. The van der Waals surface area contributed by atoms with Gasteiger partial charge in [-0.15, -0.1) is 0 Å². The van der Waals surface area contributed by atoms with E-state index in [0.29, 0.717) is 6.42 Å². The summed E-state index contributed by atoms with van der Waals surface area (Å²) < 4.78 is 0. The monoisotopic (exact) mass is 213 g/mol. The van der Waals surface area contributed by atoms with Crippen LogP contribution in [0.2, 0.25) is 0 Å². The number of allylic oxidation sites excluding steroid dienone is 1. The Morgan fingerprint density at radius 1 is 1.38 bits per heavy atom. The number of hydrogen-bond donors (Lipinski definition) is 1. The largest absolute Gasteiger partial charge is 0.478 e. The van der Waals surface area contributed by atoms with Crippen molar-refractivity contribution in [1.82, 2.24) is 4.98 Å². The molecular formula is C13H11NO2. The number of pyridine rings is 1. The third kappa shape index (κ3) is 2.45. The van der Waals surface area contributed by atoms with Crippen LogP contribution in [0, 0.1) is 0 Å². The summed E-state index contributed by atoms with van der Waals surface area (Å²) in [6, 6.07) is 9.81. The Morgan fingerprint density at radius 2 is 2.25 bits per heavy atom. The minimum absolute atomic E-state index is 0.622. The lowest BCUT2D eigenvalue weighted by Crippen LogP contribution is -1.88. The fraction of sp³-hybridized carbons (Fsp3) is 0.0769. The molecule has 3 nitrogen and oxygen atoms in total. The van der Waals surface area contributed by atoms with Gasteiger partial charge in [-0.2, -0.15) is 0 Å². The van der Waals surface area contributed by atoms with Gasteiger partial charge < -0.3 is 5.11 Å². The maximum Gasteiger partial charge on any atom is 0.327 e. The highest BCUT2D eigenvalue weighted by Gasteiger charge is 1.95. The van der Waals surface area contributed by atoms with Crippen molar-refractivity contribution in [1.29, 1.82) is 0 Å². The molecule has 0 saturated heterocycles. The van der Waals surface area contributed by atoms with Crippen molar-refractivity contribution < 1.29 is 9.90 Å². The summed E-state index contributed by atoms with van der Waals surface area (Å²) in [5, 5.41) is 9.54. The van der Waals surface area contributed by atoms with Crippen LogP contribution in [0.4, 0.5) is 0 Å². The van der Waals surface area contributed by atoms with Crippen molar-refractivity contribution in [2.75, 3.05) is 0 Å². The standard InChI is InChI=1S/C13H11NO2/c15-13(16)5-1-3-10-6-7-12-11(9-10)4-2-8-14-12/h1-2,4-9H,3H2,(H,15,16)/b5-1+. The van der Waals surface area contributed by atoms with Gasteiger partial charge in [-0.3, -0.25) is 4.98 Å². The molecule has 80 valence electrons. The molecule has 0 atom stereocenters. The molecule has 1 N–H and O–H groups in total. The van der Waals surface area contributed by atoms with Crippen LogP contribution in [0.25, 0.3) is 10.9 Å². The number of carboxylic acids is 1. The summed E-state index contributed by atoms with van der Waals surface area (Å²) in [6.07, 6.45) is 5.18. The highest BCUT2D eigenvalue weighted by Crippen LogP contribution is 2.13. The second kappa shape index (κ2) is 4.57. The van der Waals surface area contributed by atoms with Gasteiger partial charge in [0, 0.05) is 17.7 Å².